The number of aryl methyl sites for hydroxylation is 2. The summed E-state index contributed by atoms with van der Waals surface area (Å²) in [6.07, 6.45) is 7.71. The fourth-order valence-corrected chi connectivity index (χ4v) is 3.39. The molecule has 0 saturated carbocycles. The highest BCUT2D eigenvalue weighted by Crippen LogP contribution is 2.31. The maximum Gasteiger partial charge on any atom is 0.106 e. The predicted molar refractivity (Wildman–Crippen MR) is 71.8 cm³/mol. The number of rotatable bonds is 2. The molecular weight excluding hydrogens is 224 g/mol. The Labute approximate surface area is 110 Å². The zero-order chi connectivity index (χ0) is 12.8. The van der Waals surface area contributed by atoms with Crippen LogP contribution in [0.1, 0.15) is 56.7 Å². The third-order valence-electron chi connectivity index (χ3n) is 4.36. The summed E-state index contributed by atoms with van der Waals surface area (Å²) < 4.78 is 8.54. The van der Waals surface area contributed by atoms with E-state index in [4.69, 9.17) is 9.72 Å². The molecule has 3 heteroatoms. The van der Waals surface area contributed by atoms with Crippen LogP contribution in [0.3, 0.4) is 0 Å². The smallest absolute Gasteiger partial charge is 0.106 e. The minimum Gasteiger partial charge on any atom is -0.370 e. The van der Waals surface area contributed by atoms with Crippen LogP contribution in [0.2, 0.25) is 0 Å². The highest BCUT2D eigenvalue weighted by Gasteiger charge is 2.32. The van der Waals surface area contributed by atoms with Crippen LogP contribution in [0.5, 0.6) is 0 Å². The van der Waals surface area contributed by atoms with Gasteiger partial charge in [0.25, 0.3) is 0 Å². The van der Waals surface area contributed by atoms with Gasteiger partial charge in [0.15, 0.2) is 0 Å². The van der Waals surface area contributed by atoms with Crippen LogP contribution < -0.4 is 0 Å². The van der Waals surface area contributed by atoms with Crippen LogP contribution in [0.4, 0.5) is 0 Å². The van der Waals surface area contributed by atoms with Crippen molar-refractivity contribution in [3.8, 4) is 0 Å². The molecule has 18 heavy (non-hydrogen) atoms. The van der Waals surface area contributed by atoms with E-state index in [9.17, 15) is 0 Å². The molecule has 1 aliphatic carbocycles. The van der Waals surface area contributed by atoms with Gasteiger partial charge >= 0.3 is 0 Å². The molecule has 0 bridgehead atoms. The van der Waals surface area contributed by atoms with Gasteiger partial charge in [0.05, 0.1) is 23.9 Å². The monoisotopic (exact) mass is 248 g/mol. The Morgan fingerprint density at radius 3 is 2.83 bits per heavy atom. The number of imidazole rings is 1. The van der Waals surface area contributed by atoms with Gasteiger partial charge in [-0.05, 0) is 59.3 Å². The summed E-state index contributed by atoms with van der Waals surface area (Å²) in [6, 6.07) is 0. The molecule has 1 atom stereocenters. The van der Waals surface area contributed by atoms with Gasteiger partial charge < -0.3 is 9.30 Å². The molecule has 100 valence electrons. The fourth-order valence-electron chi connectivity index (χ4n) is 3.39. The summed E-state index contributed by atoms with van der Waals surface area (Å²) in [5.41, 5.74) is 2.89. The Balaban J connectivity index is 1.79. The molecule has 1 fully saturated rings. The Morgan fingerprint density at radius 2 is 2.11 bits per heavy atom. The molecule has 0 aromatic carbocycles. The van der Waals surface area contributed by atoms with Crippen molar-refractivity contribution in [2.24, 2.45) is 0 Å². The van der Waals surface area contributed by atoms with E-state index in [1.54, 1.807) is 0 Å². The van der Waals surface area contributed by atoms with Gasteiger partial charge in [-0.3, -0.25) is 0 Å². The average Bonchev–Trinajstić information content (AvgIpc) is 2.81. The molecule has 3 rings (SSSR count). The van der Waals surface area contributed by atoms with E-state index in [1.807, 2.05) is 0 Å². The van der Waals surface area contributed by atoms with Crippen molar-refractivity contribution in [1.29, 1.82) is 0 Å². The van der Waals surface area contributed by atoms with E-state index in [1.165, 1.54) is 55.7 Å². The summed E-state index contributed by atoms with van der Waals surface area (Å²) in [6.45, 7) is 7.53. The van der Waals surface area contributed by atoms with Gasteiger partial charge in [-0.25, -0.2) is 4.98 Å². The normalized spacial score (nSPS) is 26.3. The van der Waals surface area contributed by atoms with Gasteiger partial charge in [-0.2, -0.15) is 0 Å². The van der Waals surface area contributed by atoms with Crippen molar-refractivity contribution in [3.63, 3.8) is 0 Å². The molecule has 2 heterocycles. The molecular formula is C15H24N2O. The standard InChI is InChI=1S/C15H24N2O/c1-11-16-13-6-4-5-7-14(13)17(11)10-12-8-9-15(2,3)18-12/h12H,4-10H2,1-3H3. The molecule has 1 aromatic heterocycles. The van der Waals surface area contributed by atoms with Crippen LogP contribution in [-0.4, -0.2) is 21.3 Å². The summed E-state index contributed by atoms with van der Waals surface area (Å²) in [5, 5.41) is 0. The van der Waals surface area contributed by atoms with Crippen LogP contribution >= 0.6 is 0 Å². The van der Waals surface area contributed by atoms with Gasteiger partial charge in [-0.15, -0.1) is 0 Å². The van der Waals surface area contributed by atoms with Gasteiger partial charge in [-0.1, -0.05) is 0 Å². The van der Waals surface area contributed by atoms with Gasteiger partial charge in [0, 0.05) is 5.69 Å². The second-order valence-corrected chi connectivity index (χ2v) is 6.41. The fraction of sp³-hybridized carbons (Fsp3) is 0.800. The molecule has 0 spiro atoms. The van der Waals surface area contributed by atoms with E-state index in [-0.39, 0.29) is 5.60 Å². The van der Waals surface area contributed by atoms with Crippen molar-refractivity contribution in [3.05, 3.63) is 17.2 Å². The first-order valence-electron chi connectivity index (χ1n) is 7.28. The lowest BCUT2D eigenvalue weighted by Crippen LogP contribution is -2.24. The quantitative estimate of drug-likeness (QED) is 0.804. The van der Waals surface area contributed by atoms with Crippen LogP contribution in [0, 0.1) is 6.92 Å². The molecule has 0 N–H and O–H groups in total. The molecule has 1 saturated heterocycles. The Hall–Kier alpha value is -0.830. The van der Waals surface area contributed by atoms with Gasteiger partial charge in [0.1, 0.15) is 5.82 Å². The lowest BCUT2D eigenvalue weighted by atomic mass is 10.0. The molecule has 0 radical (unpaired) electrons. The molecule has 3 nitrogen and oxygen atoms in total. The van der Waals surface area contributed by atoms with Crippen molar-refractivity contribution in [2.75, 3.05) is 0 Å². The molecule has 1 aromatic rings. The SMILES string of the molecule is Cc1nc2c(n1CC1CCC(C)(C)O1)CCCC2. The number of nitrogens with zero attached hydrogens (tertiary/aromatic N) is 2. The minimum atomic E-state index is 0.0687. The Kier molecular flexibility index (Phi) is 2.97. The second kappa shape index (κ2) is 4.37. The van der Waals surface area contributed by atoms with Gasteiger partial charge in [0.2, 0.25) is 0 Å². The first kappa shape index (κ1) is 12.2. The predicted octanol–water partition coefficient (Wildman–Crippen LogP) is 3.03. The highest BCUT2D eigenvalue weighted by molar-refractivity contribution is 5.20. The summed E-state index contributed by atoms with van der Waals surface area (Å²) in [4.78, 5) is 4.74. The Morgan fingerprint density at radius 1 is 1.33 bits per heavy atom. The first-order chi connectivity index (χ1) is 8.55. The minimum absolute atomic E-state index is 0.0687. The lowest BCUT2D eigenvalue weighted by molar-refractivity contribution is -0.0222. The molecule has 2 aliphatic rings. The zero-order valence-corrected chi connectivity index (χ0v) is 11.8. The highest BCUT2D eigenvalue weighted by atomic mass is 16.5. The number of fused-ring (bicyclic) bond motifs is 1. The second-order valence-electron chi connectivity index (χ2n) is 6.41. The molecule has 1 unspecified atom stereocenters. The number of hydrogen-bond acceptors (Lipinski definition) is 2. The van der Waals surface area contributed by atoms with E-state index in [0.717, 1.165) is 6.54 Å². The molecule has 0 amide bonds. The van der Waals surface area contributed by atoms with Crippen LogP contribution in [0.15, 0.2) is 0 Å². The summed E-state index contributed by atoms with van der Waals surface area (Å²) in [7, 11) is 0. The van der Waals surface area contributed by atoms with Crippen LogP contribution in [-0.2, 0) is 24.1 Å². The number of ether oxygens (including phenoxy) is 1. The van der Waals surface area contributed by atoms with Crippen molar-refractivity contribution in [1.82, 2.24) is 9.55 Å². The van der Waals surface area contributed by atoms with Crippen molar-refractivity contribution in [2.45, 2.75) is 77.5 Å². The number of hydrogen-bond donors (Lipinski definition) is 0. The van der Waals surface area contributed by atoms with Crippen LogP contribution in [0.25, 0.3) is 0 Å². The van der Waals surface area contributed by atoms with E-state index in [0.29, 0.717) is 6.10 Å². The maximum absolute atomic E-state index is 6.12. The maximum atomic E-state index is 6.12. The summed E-state index contributed by atoms with van der Waals surface area (Å²) >= 11 is 0. The largest absolute Gasteiger partial charge is 0.370 e. The molecule has 1 aliphatic heterocycles. The topological polar surface area (TPSA) is 27.1 Å². The Bertz CT molecular complexity index is 448. The zero-order valence-electron chi connectivity index (χ0n) is 11.8. The number of aromatic nitrogens is 2. The third-order valence-corrected chi connectivity index (χ3v) is 4.36. The lowest BCUT2D eigenvalue weighted by Gasteiger charge is -2.21. The van der Waals surface area contributed by atoms with Crippen molar-refractivity contribution >= 4 is 0 Å². The summed E-state index contributed by atoms with van der Waals surface area (Å²) in [5.74, 6) is 1.18. The van der Waals surface area contributed by atoms with E-state index < -0.39 is 0 Å². The van der Waals surface area contributed by atoms with E-state index in [2.05, 4.69) is 25.3 Å². The first-order valence-corrected chi connectivity index (χ1v) is 7.28. The average molecular weight is 248 g/mol. The van der Waals surface area contributed by atoms with E-state index >= 15 is 0 Å². The van der Waals surface area contributed by atoms with Crippen molar-refractivity contribution < 1.29 is 4.74 Å². The third kappa shape index (κ3) is 2.20.